The van der Waals surface area contributed by atoms with Crippen molar-refractivity contribution in [1.29, 1.82) is 0 Å². The molecular weight excluding hydrogens is 1360 g/mol. The predicted octanol–water partition coefficient (Wildman–Crippen LogP) is -11.5. The van der Waals surface area contributed by atoms with E-state index in [9.17, 15) is 46.0 Å². The van der Waals surface area contributed by atoms with Gasteiger partial charge in [-0.15, -0.1) is 0 Å². The Balaban J connectivity index is 0.000000230. The Labute approximate surface area is 590 Å². The second-order valence-corrected chi connectivity index (χ2v) is 30.1. The van der Waals surface area contributed by atoms with Crippen LogP contribution < -0.4 is 84.3 Å². The maximum Gasteiger partial charge on any atom is 0.394 e. The third kappa shape index (κ3) is 23.0. The summed E-state index contributed by atoms with van der Waals surface area (Å²) in [6.07, 6.45) is -13.3. The van der Waals surface area contributed by atoms with E-state index in [4.69, 9.17) is 137 Å². The molecule has 6 heterocycles. The van der Waals surface area contributed by atoms with E-state index in [2.05, 4.69) is 21.3 Å². The highest BCUT2D eigenvalue weighted by molar-refractivity contribution is 7.79. The van der Waals surface area contributed by atoms with E-state index >= 15 is 0 Å². The lowest BCUT2D eigenvalue weighted by atomic mass is 9.84. The highest BCUT2D eigenvalue weighted by atomic mass is 32.3. The Bertz CT molecular complexity index is 2560. The van der Waals surface area contributed by atoms with Gasteiger partial charge in [-0.3, -0.25) is 9.11 Å². The standard InChI is InChI=1S/C21H43N5O7.C20H41N5O7.C19H39N5O7.H2O4S/c1-9(25-3)13-6-5-10(22)19(31-13)32-16-11(23)7-12(24)17(14(16)27)33-20-15(28)18(26-4)21(2,29)8-30-20;1-8(21)12-5-4-9(22)18(30-12)31-15-10(23)6-11(24)16(13(15)26)32-19-14(27)17(25-3)20(2,28)7-29-19;1-19(27)7-28-18(13(26)16(19)24-2)31-15-11(23)5-10(22)14(12(15)25)30-17-9(21)4-3-8(6-20)29-17;1-5(2,3)4/h9-20,25-29H,5-8,22-24H2,1-4H3;8-19,25-28H,4-7,21-24H2,1-3H3;8-18,24-27H,3-7,20-23H2,1-2H3;(H2,1,2,3,4)/t9?,10?,11?,12?,13?,14?,15?,16?,17?,18?,19?,20?,21-;8?,9?,10?,11?,12?,13?,14?,15?,16?,17?,18?,19?,20-;8?,9?,10?,11?,12?,13?,14?,15?,16?,17?,18?,19-;/m000./s1. The first-order chi connectivity index (χ1) is 47.0. The summed E-state index contributed by atoms with van der Waals surface area (Å²) < 4.78 is 102. The van der Waals surface area contributed by atoms with E-state index in [1.165, 1.54) is 0 Å². The second-order valence-electron chi connectivity index (χ2n) is 29.2. The highest BCUT2D eigenvalue weighted by Crippen LogP contribution is 2.36. The molecule has 0 aromatic carbocycles. The van der Waals surface area contributed by atoms with Crippen molar-refractivity contribution >= 4 is 10.4 Å². The fourth-order valence-electron chi connectivity index (χ4n) is 14.6. The zero-order valence-corrected chi connectivity index (χ0v) is 60.1. The van der Waals surface area contributed by atoms with Crippen LogP contribution in [0.25, 0.3) is 0 Å². The van der Waals surface area contributed by atoms with Crippen molar-refractivity contribution in [3.8, 4) is 0 Å². The van der Waals surface area contributed by atoms with Gasteiger partial charge >= 0.3 is 10.4 Å². The number of aliphatic hydroxyl groups is 9. The number of nitrogens with one attached hydrogen (secondary N) is 4. The first-order valence-corrected chi connectivity index (χ1v) is 36.1. The first kappa shape index (κ1) is 88.3. The van der Waals surface area contributed by atoms with Gasteiger partial charge in [0.05, 0.1) is 74.4 Å². The van der Waals surface area contributed by atoms with Crippen LogP contribution in [0.5, 0.6) is 0 Å². The van der Waals surface area contributed by atoms with Crippen LogP contribution in [-0.2, 0) is 67.2 Å². The molecule has 40 nitrogen and oxygen atoms in total. The Hall–Kier alpha value is -1.57. The highest BCUT2D eigenvalue weighted by Gasteiger charge is 2.55. The largest absolute Gasteiger partial charge is 0.394 e. The number of likely N-dealkylation sites (N-methyl/N-ethyl adjacent to an activating group) is 4. The number of aliphatic hydroxyl groups excluding tert-OH is 6. The minimum Gasteiger partial charge on any atom is -0.388 e. The minimum atomic E-state index is -4.67. The van der Waals surface area contributed by atoms with E-state index in [-0.39, 0.29) is 68.3 Å². The number of hydrogen-bond acceptors (Lipinski definition) is 38. The molecule has 0 spiro atoms. The molecule has 0 amide bonds. The minimum absolute atomic E-state index is 0.0620. The molecule has 3 aliphatic carbocycles. The van der Waals surface area contributed by atoms with Gasteiger partial charge in [0.2, 0.25) is 0 Å². The third-order valence-corrected chi connectivity index (χ3v) is 20.6. The van der Waals surface area contributed by atoms with Gasteiger partial charge in [-0.1, -0.05) is 0 Å². The molecule has 0 aromatic heterocycles. The fraction of sp³-hybridized carbons (Fsp3) is 1.00. The molecule has 37 N–H and O–H groups in total. The lowest BCUT2D eigenvalue weighted by Gasteiger charge is -2.48. The predicted molar refractivity (Wildman–Crippen MR) is 360 cm³/mol. The first-order valence-electron chi connectivity index (χ1n) is 34.7. The summed E-state index contributed by atoms with van der Waals surface area (Å²) in [6, 6.07) is -6.84. The Morgan fingerprint density at radius 3 is 0.950 bits per heavy atom. The summed E-state index contributed by atoms with van der Waals surface area (Å²) in [6.45, 7) is 8.70. The quantitative estimate of drug-likeness (QED) is 0.0534. The molecule has 38 atom stereocenters. The van der Waals surface area contributed by atoms with E-state index in [0.717, 1.165) is 19.3 Å². The molecule has 596 valence electrons. The van der Waals surface area contributed by atoms with Gasteiger partial charge < -0.3 is 187 Å². The van der Waals surface area contributed by atoms with Crippen molar-refractivity contribution in [2.45, 2.75) is 323 Å². The maximum absolute atomic E-state index is 11.1. The van der Waals surface area contributed by atoms with Crippen LogP contribution in [-0.4, -0.2) is 349 Å². The summed E-state index contributed by atoms with van der Waals surface area (Å²) in [5, 5.41) is 108. The van der Waals surface area contributed by atoms with Crippen molar-refractivity contribution in [1.82, 2.24) is 21.3 Å². The van der Waals surface area contributed by atoms with Crippen LogP contribution in [0.3, 0.4) is 0 Å². The van der Waals surface area contributed by atoms with Crippen LogP contribution >= 0.6 is 0 Å². The van der Waals surface area contributed by atoms with Crippen molar-refractivity contribution in [3.63, 3.8) is 0 Å². The topological polar surface area (TPSA) is 702 Å². The van der Waals surface area contributed by atoms with Gasteiger partial charge in [0.25, 0.3) is 0 Å². The molecule has 0 radical (unpaired) electrons. The molecule has 0 bridgehead atoms. The lowest BCUT2D eigenvalue weighted by molar-refractivity contribution is -0.307. The molecule has 35 unspecified atom stereocenters. The van der Waals surface area contributed by atoms with Crippen molar-refractivity contribution in [3.05, 3.63) is 0 Å². The van der Waals surface area contributed by atoms with Crippen LogP contribution in [0.1, 0.15) is 92.4 Å². The Kier molecular flexibility index (Phi) is 33.4. The summed E-state index contributed by atoms with van der Waals surface area (Å²) >= 11 is 0. The van der Waals surface area contributed by atoms with Crippen molar-refractivity contribution in [2.75, 3.05) is 54.6 Å². The van der Waals surface area contributed by atoms with E-state index in [0.29, 0.717) is 45.1 Å². The van der Waals surface area contributed by atoms with Crippen LogP contribution in [0.2, 0.25) is 0 Å². The van der Waals surface area contributed by atoms with E-state index < -0.39 is 193 Å². The zero-order chi connectivity index (χ0) is 75.7. The third-order valence-electron chi connectivity index (χ3n) is 20.6. The average molecular weight is 1490 g/mol. The fourth-order valence-corrected chi connectivity index (χ4v) is 14.6. The summed E-state index contributed by atoms with van der Waals surface area (Å²) in [5.74, 6) is 0. The molecule has 9 fully saturated rings. The van der Waals surface area contributed by atoms with Gasteiger partial charge in [-0.25, -0.2) is 0 Å². The van der Waals surface area contributed by atoms with Gasteiger partial charge in [0, 0.05) is 54.9 Å². The van der Waals surface area contributed by atoms with Gasteiger partial charge in [0.15, 0.2) is 37.7 Å². The molecule has 3 saturated carbocycles. The van der Waals surface area contributed by atoms with Crippen molar-refractivity contribution in [2.24, 2.45) is 63.1 Å². The van der Waals surface area contributed by atoms with Crippen molar-refractivity contribution < 1.29 is 120 Å². The number of nitrogens with two attached hydrogens (primary N) is 11. The molecule has 6 saturated heterocycles. The number of hydrogen-bond donors (Lipinski definition) is 26. The summed E-state index contributed by atoms with van der Waals surface area (Å²) in [5.41, 5.74) is 63.8. The lowest BCUT2D eigenvalue weighted by Crippen LogP contribution is -2.68. The molecule has 9 aliphatic rings. The van der Waals surface area contributed by atoms with Gasteiger partial charge in [-0.05, 0) is 121 Å². The molecule has 9 rings (SSSR count). The number of ether oxygens (including phenoxy) is 12. The molecule has 41 heteroatoms. The van der Waals surface area contributed by atoms with E-state index in [1.807, 2.05) is 20.9 Å². The summed E-state index contributed by atoms with van der Waals surface area (Å²) in [4.78, 5) is 0. The Morgan fingerprint density at radius 1 is 0.426 bits per heavy atom. The van der Waals surface area contributed by atoms with Gasteiger partial charge in [0.1, 0.15) is 90.1 Å². The molecule has 101 heavy (non-hydrogen) atoms. The normalized spacial score (nSPS) is 49.1. The van der Waals surface area contributed by atoms with Gasteiger partial charge in [-0.2, -0.15) is 8.42 Å². The smallest absolute Gasteiger partial charge is 0.388 e. The average Bonchev–Trinajstić information content (AvgIpc) is 0.790. The SMILES string of the molecule is CNC(C)C1CCC(N)C(OC2C(N)CC(N)C(OC3OC[C@](C)(O)C(NC)C3O)C2O)O1.CNC1C(O)C(OC2C(N)CC(N)C(OC3OC(C(C)N)CCC3N)C2O)OC[C@]1(C)O.CNC1C(O)C(OC2C(N)CC(N)C(OC3OC(CN)CCC3N)C2O)OC[C@]1(C)O.O=S(=O)(O)O. The maximum atomic E-state index is 11.1. The Morgan fingerprint density at radius 2 is 0.683 bits per heavy atom. The second kappa shape index (κ2) is 38.2. The van der Waals surface area contributed by atoms with Crippen LogP contribution in [0, 0.1) is 0 Å². The molecule has 0 aromatic rings. The van der Waals surface area contributed by atoms with E-state index in [1.54, 1.807) is 41.9 Å². The monoisotopic (exact) mass is 1490 g/mol. The number of rotatable bonds is 19. The molecular formula is C60H125N15O25S. The van der Waals surface area contributed by atoms with Crippen LogP contribution in [0.4, 0.5) is 0 Å². The summed E-state index contributed by atoms with van der Waals surface area (Å²) in [7, 11) is 2.07. The molecule has 6 aliphatic heterocycles. The zero-order valence-electron chi connectivity index (χ0n) is 59.3. The van der Waals surface area contributed by atoms with Crippen LogP contribution in [0.15, 0.2) is 0 Å².